The second kappa shape index (κ2) is 11.0. The molecule has 0 atom stereocenters. The van der Waals surface area contributed by atoms with Gasteiger partial charge in [0, 0.05) is 39.3 Å². The van der Waals surface area contributed by atoms with E-state index >= 15 is 0 Å². The first-order valence-electron chi connectivity index (χ1n) is 5.44. The summed E-state index contributed by atoms with van der Waals surface area (Å²) in [5.41, 5.74) is 0. The maximum absolute atomic E-state index is 10.4. The van der Waals surface area contributed by atoms with E-state index in [9.17, 15) is 39.6 Å². The molecule has 1 radical (unpaired) electrons. The molecule has 0 aliphatic heterocycles. The minimum atomic E-state index is -1.53. The van der Waals surface area contributed by atoms with Crippen molar-refractivity contribution in [1.82, 2.24) is 9.80 Å². The third-order valence-electron chi connectivity index (χ3n) is 2.14. The molecule has 0 saturated carbocycles. The fourth-order valence-electron chi connectivity index (χ4n) is 1.44. The Balaban J connectivity index is 0. The zero-order valence-electron chi connectivity index (χ0n) is 10.8. The van der Waals surface area contributed by atoms with E-state index in [0.717, 1.165) is 9.80 Å². The Bertz CT molecular complexity index is 321. The molecule has 11 heteroatoms. The molecule has 0 aromatic rings. The molecule has 0 N–H and O–H groups in total. The van der Waals surface area contributed by atoms with Crippen LogP contribution in [0.25, 0.3) is 0 Å². The van der Waals surface area contributed by atoms with Gasteiger partial charge in [-0.2, -0.15) is 0 Å². The van der Waals surface area contributed by atoms with Crippen LogP contribution in [0.1, 0.15) is 0 Å². The molecule has 21 heavy (non-hydrogen) atoms. The van der Waals surface area contributed by atoms with Crippen molar-refractivity contribution in [3.63, 3.8) is 0 Å². The molecule has 117 valence electrons. The predicted octanol–water partition coefficient (Wildman–Crippen LogP) is -7.41. The van der Waals surface area contributed by atoms with Crippen LogP contribution in [-0.4, -0.2) is 72.9 Å². The largest absolute Gasteiger partial charge is 3.00 e. The van der Waals surface area contributed by atoms with Crippen molar-refractivity contribution < 1.29 is 57.0 Å². The number of aliphatic carboxylic acids is 4. The van der Waals surface area contributed by atoms with Crippen LogP contribution in [0.4, 0.5) is 0 Å². The first-order chi connectivity index (χ1) is 9.20. The van der Waals surface area contributed by atoms with Crippen molar-refractivity contribution in [2.24, 2.45) is 0 Å². The standard InChI is InChI=1S/C10H16N2O8.Cr/c13-7(14)3-11(4-8(15)16)1-2-12(5-9(17)18)6-10(19)20;/h1-6H2,(H,13,14)(H,15,16)(H,17,18)(H,19,20);/q;+3/p-4. The molecule has 0 heterocycles. The Kier molecular flexibility index (Phi) is 11.4. The minimum absolute atomic E-state index is 0. The number of carbonyl (C=O) groups is 4. The molecule has 0 fully saturated rings. The number of carboxylic acids is 4. The summed E-state index contributed by atoms with van der Waals surface area (Å²) in [6.07, 6.45) is 0. The van der Waals surface area contributed by atoms with E-state index in [4.69, 9.17) is 0 Å². The number of hydrogen-bond donors (Lipinski definition) is 0. The van der Waals surface area contributed by atoms with Crippen LogP contribution < -0.4 is 20.4 Å². The molecule has 0 aromatic heterocycles. The molecule has 0 spiro atoms. The van der Waals surface area contributed by atoms with Gasteiger partial charge in [-0.05, 0) is 0 Å². The molecular formula is C10H12CrN2O8-. The van der Waals surface area contributed by atoms with Gasteiger partial charge in [0.05, 0.1) is 23.9 Å². The van der Waals surface area contributed by atoms with Crippen molar-refractivity contribution in [3.8, 4) is 0 Å². The van der Waals surface area contributed by atoms with Gasteiger partial charge in [-0.1, -0.05) is 0 Å². The zero-order valence-corrected chi connectivity index (χ0v) is 12.1. The molecule has 0 rings (SSSR count). The van der Waals surface area contributed by atoms with Gasteiger partial charge in [-0.15, -0.1) is 0 Å². The van der Waals surface area contributed by atoms with Crippen LogP contribution in [0, 0.1) is 0 Å². The predicted molar refractivity (Wildman–Crippen MR) is 52.9 cm³/mol. The van der Waals surface area contributed by atoms with Gasteiger partial charge in [0.25, 0.3) is 0 Å². The number of carbonyl (C=O) groups excluding carboxylic acids is 4. The molecule has 0 bridgehead atoms. The van der Waals surface area contributed by atoms with Gasteiger partial charge in [0.1, 0.15) is 0 Å². The smallest absolute Gasteiger partial charge is 0.549 e. The van der Waals surface area contributed by atoms with Gasteiger partial charge in [-0.25, -0.2) is 0 Å². The zero-order chi connectivity index (χ0) is 15.7. The van der Waals surface area contributed by atoms with E-state index in [1.165, 1.54) is 0 Å². The molecule has 0 saturated heterocycles. The minimum Gasteiger partial charge on any atom is -0.549 e. The van der Waals surface area contributed by atoms with Crippen molar-refractivity contribution in [2.75, 3.05) is 39.3 Å². The summed E-state index contributed by atoms with van der Waals surface area (Å²) in [5, 5.41) is 41.6. The molecule has 0 unspecified atom stereocenters. The van der Waals surface area contributed by atoms with Crippen molar-refractivity contribution >= 4 is 23.9 Å². The average molecular weight is 340 g/mol. The van der Waals surface area contributed by atoms with Crippen molar-refractivity contribution in [3.05, 3.63) is 0 Å². The van der Waals surface area contributed by atoms with Gasteiger partial charge >= 0.3 is 17.4 Å². The monoisotopic (exact) mass is 340 g/mol. The second-order valence-corrected chi connectivity index (χ2v) is 3.91. The maximum Gasteiger partial charge on any atom is 3.00 e. The molecule has 0 amide bonds. The van der Waals surface area contributed by atoms with Gasteiger partial charge in [-0.3, -0.25) is 9.80 Å². The average Bonchev–Trinajstić information content (AvgIpc) is 2.22. The first kappa shape index (κ1) is 21.6. The number of nitrogens with zero attached hydrogens (tertiary/aromatic N) is 2. The van der Waals surface area contributed by atoms with Crippen LogP contribution in [0.2, 0.25) is 0 Å². The fraction of sp³-hybridized carbons (Fsp3) is 0.600. The molecule has 0 aliphatic carbocycles. The molecule has 0 aromatic carbocycles. The Morgan fingerprint density at radius 2 is 0.762 bits per heavy atom. The third-order valence-corrected chi connectivity index (χ3v) is 2.14. The van der Waals surface area contributed by atoms with Crippen LogP contribution in [0.15, 0.2) is 0 Å². The van der Waals surface area contributed by atoms with E-state index in [0.29, 0.717) is 0 Å². The van der Waals surface area contributed by atoms with Crippen molar-refractivity contribution in [1.29, 1.82) is 0 Å². The van der Waals surface area contributed by atoms with E-state index in [2.05, 4.69) is 0 Å². The Morgan fingerprint density at radius 1 is 0.571 bits per heavy atom. The molecule has 10 nitrogen and oxygen atoms in total. The summed E-state index contributed by atoms with van der Waals surface area (Å²) in [6, 6.07) is 0. The molecular weight excluding hydrogens is 328 g/mol. The SMILES string of the molecule is O=C([O-])CN(CCN(CC(=O)[O-])CC(=O)[O-])CC(=O)[O-].[Cr+3]. The Morgan fingerprint density at radius 3 is 0.905 bits per heavy atom. The summed E-state index contributed by atoms with van der Waals surface area (Å²) in [6.45, 7) is -3.25. The maximum atomic E-state index is 10.4. The van der Waals surface area contributed by atoms with Gasteiger partial charge < -0.3 is 39.6 Å². The van der Waals surface area contributed by atoms with Crippen LogP contribution in [0.5, 0.6) is 0 Å². The summed E-state index contributed by atoms with van der Waals surface area (Å²) >= 11 is 0. The van der Waals surface area contributed by atoms with E-state index < -0.39 is 50.1 Å². The second-order valence-electron chi connectivity index (χ2n) is 3.91. The fourth-order valence-corrected chi connectivity index (χ4v) is 1.44. The van der Waals surface area contributed by atoms with E-state index in [1.54, 1.807) is 0 Å². The van der Waals surface area contributed by atoms with Crippen LogP contribution >= 0.6 is 0 Å². The summed E-state index contributed by atoms with van der Waals surface area (Å²) < 4.78 is 0. The molecule has 0 aliphatic rings. The summed E-state index contributed by atoms with van der Waals surface area (Å²) in [7, 11) is 0. The topological polar surface area (TPSA) is 167 Å². The first-order valence-corrected chi connectivity index (χ1v) is 5.44. The van der Waals surface area contributed by atoms with Crippen molar-refractivity contribution in [2.45, 2.75) is 0 Å². The Labute approximate surface area is 130 Å². The third kappa shape index (κ3) is 13.1. The van der Waals surface area contributed by atoms with Gasteiger partial charge in [0.2, 0.25) is 0 Å². The normalized spacial score (nSPS) is 10.2. The summed E-state index contributed by atoms with van der Waals surface area (Å²) in [5.74, 6) is -6.12. The van der Waals surface area contributed by atoms with E-state index in [1.807, 2.05) is 0 Å². The van der Waals surface area contributed by atoms with Crippen LogP contribution in [-0.2, 0) is 36.5 Å². The number of carboxylic acid groups (broad SMARTS) is 4. The number of hydrogen-bond acceptors (Lipinski definition) is 10. The quantitative estimate of drug-likeness (QED) is 0.352. The Hall–Kier alpha value is -1.67. The van der Waals surface area contributed by atoms with E-state index in [-0.39, 0.29) is 30.5 Å². The van der Waals surface area contributed by atoms with Gasteiger partial charge in [0.15, 0.2) is 0 Å². The number of rotatable bonds is 11. The summed E-state index contributed by atoms with van der Waals surface area (Å²) in [4.78, 5) is 43.4. The van der Waals surface area contributed by atoms with Crippen LogP contribution in [0.3, 0.4) is 0 Å².